The Morgan fingerprint density at radius 2 is 2.05 bits per heavy atom. The van der Waals surface area contributed by atoms with Crippen LogP contribution in [0.5, 0.6) is 0 Å². The summed E-state index contributed by atoms with van der Waals surface area (Å²) in [4.78, 5) is 8.25. The highest BCUT2D eigenvalue weighted by Gasteiger charge is 2.43. The van der Waals surface area contributed by atoms with Gasteiger partial charge in [-0.3, -0.25) is 4.99 Å². The third kappa shape index (κ3) is 4.31. The summed E-state index contributed by atoms with van der Waals surface area (Å²) < 4.78 is 0. The number of guanidine groups is 1. The number of aliphatic imine (C=N–C) groups is 1. The Hall–Kier alpha value is -0.430. The number of nitrogens with one attached hydrogen (secondary N) is 1. The molecule has 1 N–H and O–H groups in total. The minimum Gasteiger partial charge on any atom is -0.355 e. The lowest BCUT2D eigenvalue weighted by atomic mass is 9.68. The maximum absolute atomic E-state index is 4.46. The molecule has 0 radical (unpaired) electrons. The SMILES string of the molecule is CN=C(NCCSc1ccccc1)N1CCC2(CCC2)C1.I. The molecule has 1 aromatic carbocycles. The van der Waals surface area contributed by atoms with E-state index in [1.807, 2.05) is 18.8 Å². The fraction of sp³-hybridized carbons (Fsp3) is 0.588. The summed E-state index contributed by atoms with van der Waals surface area (Å²) in [6, 6.07) is 10.6. The number of halogens is 1. The average Bonchev–Trinajstić information content (AvgIpc) is 2.94. The normalized spacial score (nSPS) is 19.7. The molecule has 0 bridgehead atoms. The molecular formula is C17H26IN3S. The molecule has 1 saturated carbocycles. The standard InChI is InChI=1S/C17H25N3S.HI/c1-18-16(20-12-10-17(14-20)8-5-9-17)19-11-13-21-15-6-3-2-4-7-15;/h2-4,6-7H,5,8-14H2,1H3,(H,18,19);1H. The van der Waals surface area contributed by atoms with Gasteiger partial charge >= 0.3 is 0 Å². The number of hydrogen-bond donors (Lipinski definition) is 1. The average molecular weight is 431 g/mol. The van der Waals surface area contributed by atoms with Gasteiger partial charge < -0.3 is 10.2 Å². The van der Waals surface area contributed by atoms with Gasteiger partial charge in [-0.1, -0.05) is 24.6 Å². The van der Waals surface area contributed by atoms with Gasteiger partial charge in [0.25, 0.3) is 0 Å². The van der Waals surface area contributed by atoms with Crippen molar-refractivity contribution >= 4 is 41.7 Å². The minimum atomic E-state index is 0. The van der Waals surface area contributed by atoms with E-state index in [1.165, 1.54) is 43.7 Å². The van der Waals surface area contributed by atoms with Gasteiger partial charge in [-0.25, -0.2) is 0 Å². The summed E-state index contributed by atoms with van der Waals surface area (Å²) >= 11 is 1.89. The van der Waals surface area contributed by atoms with Crippen LogP contribution in [-0.4, -0.2) is 43.3 Å². The summed E-state index contributed by atoms with van der Waals surface area (Å²) in [6.45, 7) is 3.35. The third-order valence-electron chi connectivity index (χ3n) is 4.76. The van der Waals surface area contributed by atoms with Crippen LogP contribution in [0.3, 0.4) is 0 Å². The lowest BCUT2D eigenvalue weighted by Gasteiger charge is -2.38. The maximum Gasteiger partial charge on any atom is 0.193 e. The van der Waals surface area contributed by atoms with E-state index < -0.39 is 0 Å². The van der Waals surface area contributed by atoms with Crippen molar-refractivity contribution in [3.05, 3.63) is 30.3 Å². The van der Waals surface area contributed by atoms with Crippen LogP contribution in [0.15, 0.2) is 40.2 Å². The number of likely N-dealkylation sites (tertiary alicyclic amines) is 1. The van der Waals surface area contributed by atoms with Crippen LogP contribution in [0, 0.1) is 5.41 Å². The Morgan fingerprint density at radius 1 is 1.27 bits per heavy atom. The van der Waals surface area contributed by atoms with Gasteiger partial charge in [0.05, 0.1) is 0 Å². The van der Waals surface area contributed by atoms with Crippen molar-refractivity contribution < 1.29 is 0 Å². The molecule has 2 fully saturated rings. The lowest BCUT2D eigenvalue weighted by Crippen LogP contribution is -2.43. The molecule has 1 saturated heterocycles. The maximum atomic E-state index is 4.46. The van der Waals surface area contributed by atoms with Crippen LogP contribution < -0.4 is 5.32 Å². The zero-order valence-corrected chi connectivity index (χ0v) is 16.4. The number of benzene rings is 1. The molecular weight excluding hydrogens is 405 g/mol. The fourth-order valence-electron chi connectivity index (χ4n) is 3.38. The first-order valence-corrected chi connectivity index (χ1v) is 8.93. The molecule has 1 aromatic rings. The van der Waals surface area contributed by atoms with Gasteiger partial charge in [0.1, 0.15) is 0 Å². The van der Waals surface area contributed by atoms with E-state index in [-0.39, 0.29) is 24.0 Å². The van der Waals surface area contributed by atoms with Gasteiger partial charge in [-0.2, -0.15) is 0 Å². The first-order valence-electron chi connectivity index (χ1n) is 7.95. The zero-order chi connectivity index (χ0) is 14.5. The van der Waals surface area contributed by atoms with E-state index in [4.69, 9.17) is 0 Å². The largest absolute Gasteiger partial charge is 0.355 e. The summed E-state index contributed by atoms with van der Waals surface area (Å²) in [6.07, 6.45) is 5.62. The molecule has 0 atom stereocenters. The van der Waals surface area contributed by atoms with Crippen molar-refractivity contribution in [2.45, 2.75) is 30.6 Å². The predicted octanol–water partition coefficient (Wildman–Crippen LogP) is 3.85. The van der Waals surface area contributed by atoms with Crippen LogP contribution in [0.2, 0.25) is 0 Å². The van der Waals surface area contributed by atoms with Crippen LogP contribution >= 0.6 is 35.7 Å². The lowest BCUT2D eigenvalue weighted by molar-refractivity contribution is 0.151. The first-order chi connectivity index (χ1) is 10.3. The van der Waals surface area contributed by atoms with E-state index in [0.717, 1.165) is 18.3 Å². The highest BCUT2D eigenvalue weighted by molar-refractivity contribution is 14.0. The van der Waals surface area contributed by atoms with Crippen molar-refractivity contribution in [1.29, 1.82) is 0 Å². The topological polar surface area (TPSA) is 27.6 Å². The van der Waals surface area contributed by atoms with Gasteiger partial charge in [-0.15, -0.1) is 35.7 Å². The Kier molecular flexibility index (Phi) is 6.87. The fourth-order valence-corrected chi connectivity index (χ4v) is 4.17. The molecule has 3 nitrogen and oxygen atoms in total. The quantitative estimate of drug-likeness (QED) is 0.258. The molecule has 3 rings (SSSR count). The van der Waals surface area contributed by atoms with Gasteiger partial charge in [0, 0.05) is 37.3 Å². The van der Waals surface area contributed by atoms with E-state index in [2.05, 4.69) is 45.5 Å². The summed E-state index contributed by atoms with van der Waals surface area (Å²) in [7, 11) is 1.90. The van der Waals surface area contributed by atoms with Crippen molar-refractivity contribution in [2.75, 3.05) is 32.4 Å². The Balaban J connectivity index is 0.00000176. The zero-order valence-electron chi connectivity index (χ0n) is 13.3. The summed E-state index contributed by atoms with van der Waals surface area (Å²) in [5, 5.41) is 3.52. The van der Waals surface area contributed by atoms with Crippen LogP contribution in [0.1, 0.15) is 25.7 Å². The van der Waals surface area contributed by atoms with Gasteiger partial charge in [-0.05, 0) is 36.8 Å². The molecule has 0 aromatic heterocycles. The predicted molar refractivity (Wildman–Crippen MR) is 106 cm³/mol. The van der Waals surface area contributed by atoms with Crippen molar-refractivity contribution in [3.8, 4) is 0 Å². The molecule has 1 aliphatic heterocycles. The second-order valence-electron chi connectivity index (χ2n) is 6.16. The minimum absolute atomic E-state index is 0. The van der Waals surface area contributed by atoms with Crippen molar-refractivity contribution in [1.82, 2.24) is 10.2 Å². The molecule has 22 heavy (non-hydrogen) atoms. The van der Waals surface area contributed by atoms with Gasteiger partial charge in [0.15, 0.2) is 5.96 Å². The Labute approximate surface area is 155 Å². The van der Waals surface area contributed by atoms with E-state index in [1.54, 1.807) is 0 Å². The third-order valence-corrected chi connectivity index (χ3v) is 5.77. The number of nitrogens with zero attached hydrogens (tertiary/aromatic N) is 2. The highest BCUT2D eigenvalue weighted by Crippen LogP contribution is 2.47. The van der Waals surface area contributed by atoms with E-state index in [0.29, 0.717) is 5.41 Å². The Morgan fingerprint density at radius 3 is 2.64 bits per heavy atom. The van der Waals surface area contributed by atoms with E-state index >= 15 is 0 Å². The molecule has 1 aliphatic carbocycles. The molecule has 1 heterocycles. The molecule has 2 aliphatic rings. The van der Waals surface area contributed by atoms with Gasteiger partial charge in [0.2, 0.25) is 0 Å². The van der Waals surface area contributed by atoms with Crippen molar-refractivity contribution in [3.63, 3.8) is 0 Å². The summed E-state index contributed by atoms with van der Waals surface area (Å²) in [5.41, 5.74) is 0.635. The number of thioether (sulfide) groups is 1. The molecule has 122 valence electrons. The van der Waals surface area contributed by atoms with Crippen LogP contribution in [0.4, 0.5) is 0 Å². The second-order valence-corrected chi connectivity index (χ2v) is 7.33. The Bertz CT molecular complexity index is 488. The number of rotatable bonds is 4. The number of hydrogen-bond acceptors (Lipinski definition) is 2. The summed E-state index contributed by atoms with van der Waals surface area (Å²) in [5.74, 6) is 2.16. The highest BCUT2D eigenvalue weighted by atomic mass is 127. The first kappa shape index (κ1) is 17.9. The van der Waals surface area contributed by atoms with E-state index in [9.17, 15) is 0 Å². The molecule has 1 spiro atoms. The van der Waals surface area contributed by atoms with Crippen molar-refractivity contribution in [2.24, 2.45) is 10.4 Å². The second kappa shape index (κ2) is 8.43. The molecule has 5 heteroatoms. The smallest absolute Gasteiger partial charge is 0.193 e. The van der Waals surface area contributed by atoms with Crippen LogP contribution in [-0.2, 0) is 0 Å². The van der Waals surface area contributed by atoms with Crippen LogP contribution in [0.25, 0.3) is 0 Å². The molecule has 0 unspecified atom stereocenters. The monoisotopic (exact) mass is 431 g/mol. The molecule has 0 amide bonds.